The molecule has 0 radical (unpaired) electrons. The third-order valence-electron chi connectivity index (χ3n) is 7.16. The van der Waals surface area contributed by atoms with Crippen LogP contribution in [0.25, 0.3) is 11.1 Å². The number of phenols is 1. The molecule has 0 saturated carbocycles. The third-order valence-corrected chi connectivity index (χ3v) is 7.16. The third kappa shape index (κ3) is 6.42. The summed E-state index contributed by atoms with van der Waals surface area (Å²) in [4.78, 5) is 26.6. The molecule has 0 aliphatic heterocycles. The second kappa shape index (κ2) is 12.5. The zero-order valence-corrected chi connectivity index (χ0v) is 23.9. The number of aryl methyl sites for hydroxylation is 1. The summed E-state index contributed by atoms with van der Waals surface area (Å²) in [5.41, 5.74) is 4.70. The van der Waals surface area contributed by atoms with Gasteiger partial charge in [-0.05, 0) is 109 Å². The highest BCUT2D eigenvalue weighted by Gasteiger charge is 2.17. The van der Waals surface area contributed by atoms with Gasteiger partial charge >= 0.3 is 0 Å². The van der Waals surface area contributed by atoms with Crippen molar-refractivity contribution in [3.8, 4) is 39.9 Å². The summed E-state index contributed by atoms with van der Waals surface area (Å²) in [5.74, 6) is 2.58. The first-order valence-electron chi connectivity index (χ1n) is 14.1. The Bertz CT molecular complexity index is 1910. The Kier molecular flexibility index (Phi) is 8.02. The van der Waals surface area contributed by atoms with E-state index in [1.54, 1.807) is 48.5 Å². The second-order valence-corrected chi connectivity index (χ2v) is 10.3. The molecule has 5 heteroatoms. The highest BCUT2D eigenvalue weighted by Crippen LogP contribution is 2.30. The number of benzene rings is 6. The van der Waals surface area contributed by atoms with Gasteiger partial charge in [0, 0.05) is 22.3 Å². The number of hydrogen-bond donors (Lipinski definition) is 1. The van der Waals surface area contributed by atoms with Crippen LogP contribution in [0.3, 0.4) is 0 Å². The predicted molar refractivity (Wildman–Crippen MR) is 171 cm³/mol. The van der Waals surface area contributed by atoms with Gasteiger partial charge in [-0.25, -0.2) is 0 Å². The van der Waals surface area contributed by atoms with Gasteiger partial charge in [0.05, 0.1) is 0 Å². The fourth-order valence-corrected chi connectivity index (χ4v) is 4.84. The number of ether oxygens (including phenoxy) is 2. The molecule has 1 N–H and O–H groups in total. The molecule has 0 heterocycles. The molecule has 0 unspecified atom stereocenters. The van der Waals surface area contributed by atoms with E-state index >= 15 is 0 Å². The summed E-state index contributed by atoms with van der Waals surface area (Å²) < 4.78 is 11.8. The van der Waals surface area contributed by atoms with Crippen molar-refractivity contribution in [1.82, 2.24) is 0 Å². The van der Waals surface area contributed by atoms with Gasteiger partial charge in [0.25, 0.3) is 0 Å². The number of ketones is 2. The largest absolute Gasteiger partial charge is 0.508 e. The first-order chi connectivity index (χ1) is 21.4. The summed E-state index contributed by atoms with van der Waals surface area (Å²) in [5, 5.41) is 9.52. The lowest BCUT2D eigenvalue weighted by Crippen LogP contribution is -2.05. The monoisotopic (exact) mass is 576 g/mol. The van der Waals surface area contributed by atoms with Gasteiger partial charge < -0.3 is 14.6 Å². The predicted octanol–water partition coefficient (Wildman–Crippen LogP) is 9.41. The minimum absolute atomic E-state index is 0.107. The molecule has 0 amide bonds. The van der Waals surface area contributed by atoms with Crippen molar-refractivity contribution >= 4 is 11.6 Å². The molecule has 0 spiro atoms. The second-order valence-electron chi connectivity index (χ2n) is 10.3. The van der Waals surface area contributed by atoms with Crippen LogP contribution >= 0.6 is 0 Å². The Morgan fingerprint density at radius 2 is 0.955 bits per heavy atom. The summed E-state index contributed by atoms with van der Waals surface area (Å²) in [7, 11) is 0. The summed E-state index contributed by atoms with van der Waals surface area (Å²) in [6.07, 6.45) is 0. The molecule has 6 rings (SSSR count). The summed E-state index contributed by atoms with van der Waals surface area (Å²) in [6, 6.07) is 43.2. The van der Waals surface area contributed by atoms with Gasteiger partial charge in [-0.3, -0.25) is 9.59 Å². The maximum absolute atomic E-state index is 13.7. The molecule has 0 aromatic heterocycles. The van der Waals surface area contributed by atoms with E-state index in [1.165, 1.54) is 12.1 Å². The Morgan fingerprint density at radius 1 is 0.500 bits per heavy atom. The van der Waals surface area contributed by atoms with Gasteiger partial charge in [0.1, 0.15) is 28.7 Å². The van der Waals surface area contributed by atoms with Crippen molar-refractivity contribution in [2.24, 2.45) is 0 Å². The maximum Gasteiger partial charge on any atom is 0.193 e. The van der Waals surface area contributed by atoms with Crippen LogP contribution in [-0.2, 0) is 0 Å². The first-order valence-corrected chi connectivity index (χ1v) is 14.1. The van der Waals surface area contributed by atoms with Crippen molar-refractivity contribution in [3.63, 3.8) is 0 Å². The van der Waals surface area contributed by atoms with Gasteiger partial charge in [0.2, 0.25) is 0 Å². The number of para-hydroxylation sites is 1. The Morgan fingerprint density at radius 3 is 1.52 bits per heavy atom. The Balaban J connectivity index is 1.17. The van der Waals surface area contributed by atoms with E-state index in [0.717, 1.165) is 22.4 Å². The molecule has 6 aromatic carbocycles. The topological polar surface area (TPSA) is 72.8 Å². The number of carbonyl (C=O) groups excluding carboxylic acids is 2. The highest BCUT2D eigenvalue weighted by molar-refractivity contribution is 6.13. The molecule has 0 bridgehead atoms. The van der Waals surface area contributed by atoms with Crippen LogP contribution in [0.2, 0.25) is 0 Å². The normalized spacial score (nSPS) is 10.7. The lowest BCUT2D eigenvalue weighted by Gasteiger charge is -2.12. The number of phenolic OH excluding ortho intramolecular Hbond substituents is 1. The Labute approximate surface area is 255 Å². The van der Waals surface area contributed by atoms with Crippen LogP contribution in [0.4, 0.5) is 0 Å². The van der Waals surface area contributed by atoms with Crippen molar-refractivity contribution in [3.05, 3.63) is 173 Å². The zero-order valence-electron chi connectivity index (χ0n) is 23.9. The maximum atomic E-state index is 13.7. The quantitative estimate of drug-likeness (QED) is 0.174. The molecule has 5 nitrogen and oxygen atoms in total. The molecule has 214 valence electrons. The Hall–Kier alpha value is -5.94. The van der Waals surface area contributed by atoms with Crippen molar-refractivity contribution in [2.75, 3.05) is 0 Å². The van der Waals surface area contributed by atoms with E-state index in [0.29, 0.717) is 39.5 Å². The molecule has 0 saturated heterocycles. The van der Waals surface area contributed by atoms with Gasteiger partial charge in [0.15, 0.2) is 11.6 Å². The summed E-state index contributed by atoms with van der Waals surface area (Å²) >= 11 is 0. The van der Waals surface area contributed by atoms with Crippen molar-refractivity contribution < 1.29 is 24.2 Å². The number of carbonyl (C=O) groups is 2. The lowest BCUT2D eigenvalue weighted by atomic mass is 9.91. The van der Waals surface area contributed by atoms with E-state index in [-0.39, 0.29) is 17.3 Å². The molecule has 44 heavy (non-hydrogen) atoms. The van der Waals surface area contributed by atoms with E-state index in [2.05, 4.69) is 0 Å². The standard InChI is InChI=1S/C39H28O5/c1-26-7-24-36(27-8-10-28(11-9-27)38(41)29-12-16-31(40)17-13-29)37(25-26)39(42)30-14-18-33(19-15-30)44-35-22-20-34(21-23-35)43-32-5-3-2-4-6-32/h2-25,40H,1H3. The lowest BCUT2D eigenvalue weighted by molar-refractivity contribution is 0.103. The fraction of sp³-hybridized carbons (Fsp3) is 0.0256. The first kappa shape index (κ1) is 28.2. The molecular weight excluding hydrogens is 548 g/mol. The van der Waals surface area contributed by atoms with Gasteiger partial charge in [-0.2, -0.15) is 0 Å². The average molecular weight is 577 g/mol. The fourth-order valence-electron chi connectivity index (χ4n) is 4.84. The van der Waals surface area contributed by atoms with Crippen molar-refractivity contribution in [1.29, 1.82) is 0 Å². The van der Waals surface area contributed by atoms with E-state index in [4.69, 9.17) is 9.47 Å². The van der Waals surface area contributed by atoms with Crippen LogP contribution in [0.1, 0.15) is 37.4 Å². The molecule has 0 fully saturated rings. The zero-order chi connectivity index (χ0) is 30.5. The number of aromatic hydroxyl groups is 1. The minimum Gasteiger partial charge on any atom is -0.508 e. The van der Waals surface area contributed by atoms with Crippen LogP contribution in [0.5, 0.6) is 28.7 Å². The van der Waals surface area contributed by atoms with E-state index < -0.39 is 0 Å². The number of rotatable bonds is 9. The van der Waals surface area contributed by atoms with Crippen LogP contribution in [0.15, 0.2) is 146 Å². The molecular formula is C39H28O5. The number of hydrogen-bond acceptors (Lipinski definition) is 5. The smallest absolute Gasteiger partial charge is 0.193 e. The van der Waals surface area contributed by atoms with Crippen LogP contribution in [-0.4, -0.2) is 16.7 Å². The van der Waals surface area contributed by atoms with Gasteiger partial charge in [-0.15, -0.1) is 0 Å². The SMILES string of the molecule is Cc1ccc(-c2ccc(C(=O)c3ccc(O)cc3)cc2)c(C(=O)c2ccc(Oc3ccc(Oc4ccccc4)cc3)cc2)c1. The van der Waals surface area contributed by atoms with Crippen LogP contribution in [0, 0.1) is 6.92 Å². The molecule has 0 aliphatic rings. The van der Waals surface area contributed by atoms with Crippen LogP contribution < -0.4 is 9.47 Å². The van der Waals surface area contributed by atoms with Crippen molar-refractivity contribution in [2.45, 2.75) is 6.92 Å². The molecule has 0 aliphatic carbocycles. The average Bonchev–Trinajstić information content (AvgIpc) is 3.06. The summed E-state index contributed by atoms with van der Waals surface area (Å²) in [6.45, 7) is 1.95. The molecule has 0 atom stereocenters. The van der Waals surface area contributed by atoms with E-state index in [1.807, 2.05) is 91.9 Å². The molecule has 6 aromatic rings. The minimum atomic E-state index is -0.143. The highest BCUT2D eigenvalue weighted by atomic mass is 16.5. The van der Waals surface area contributed by atoms with E-state index in [9.17, 15) is 14.7 Å². The van der Waals surface area contributed by atoms with Gasteiger partial charge in [-0.1, -0.05) is 60.2 Å².